The second-order valence-corrected chi connectivity index (χ2v) is 2.72. The number of carbonyl (C=O) groups is 2. The molecule has 0 radical (unpaired) electrons. The molecule has 0 unspecified atom stereocenters. The molecular weight excluding hydrogens is 184 g/mol. The zero-order valence-electron chi connectivity index (χ0n) is 8.62. The fraction of sp³-hybridized carbons (Fsp3) is 0.600. The van der Waals surface area contributed by atoms with Crippen LogP contribution in [0.1, 0.15) is 25.7 Å². The summed E-state index contributed by atoms with van der Waals surface area (Å²) in [5.41, 5.74) is 0. The van der Waals surface area contributed by atoms with Gasteiger partial charge in [-0.1, -0.05) is 12.2 Å². The van der Waals surface area contributed by atoms with Gasteiger partial charge in [0.25, 0.3) is 0 Å². The van der Waals surface area contributed by atoms with Gasteiger partial charge in [0.15, 0.2) is 0 Å². The molecule has 0 fully saturated rings. The quantitative estimate of drug-likeness (QED) is 0.370. The van der Waals surface area contributed by atoms with Crippen LogP contribution < -0.4 is 0 Å². The number of esters is 2. The average molecular weight is 200 g/mol. The average Bonchev–Trinajstić information content (AvgIpc) is 2.22. The smallest absolute Gasteiger partial charge is 0.309 e. The highest BCUT2D eigenvalue weighted by molar-refractivity contribution is 5.70. The highest BCUT2D eigenvalue weighted by Crippen LogP contribution is 1.99. The predicted molar refractivity (Wildman–Crippen MR) is 51.6 cm³/mol. The topological polar surface area (TPSA) is 52.6 Å². The zero-order chi connectivity index (χ0) is 10.8. The Labute approximate surface area is 83.9 Å². The van der Waals surface area contributed by atoms with Gasteiger partial charge in [0.1, 0.15) is 0 Å². The summed E-state index contributed by atoms with van der Waals surface area (Å²) in [5.74, 6) is -0.458. The fourth-order valence-corrected chi connectivity index (χ4v) is 0.847. The number of methoxy groups -OCH3 is 2. The third kappa shape index (κ3) is 7.34. The fourth-order valence-electron chi connectivity index (χ4n) is 0.847. The zero-order valence-corrected chi connectivity index (χ0v) is 8.62. The molecule has 80 valence electrons. The van der Waals surface area contributed by atoms with E-state index in [1.165, 1.54) is 14.2 Å². The first-order chi connectivity index (χ1) is 6.70. The number of carbonyl (C=O) groups excluding carboxylic acids is 2. The number of allylic oxidation sites excluding steroid dienone is 1. The molecule has 0 heterocycles. The third-order valence-electron chi connectivity index (χ3n) is 1.66. The number of unbranched alkanes of at least 4 members (excludes halogenated alkanes) is 1. The van der Waals surface area contributed by atoms with Gasteiger partial charge < -0.3 is 9.47 Å². The van der Waals surface area contributed by atoms with Gasteiger partial charge in [-0.05, 0) is 12.8 Å². The minimum Gasteiger partial charge on any atom is -0.469 e. The van der Waals surface area contributed by atoms with Crippen molar-refractivity contribution >= 4 is 11.9 Å². The lowest BCUT2D eigenvalue weighted by Gasteiger charge is -1.95. The van der Waals surface area contributed by atoms with Crippen LogP contribution in [0, 0.1) is 0 Å². The summed E-state index contributed by atoms with van der Waals surface area (Å²) in [4.78, 5) is 21.3. The Morgan fingerprint density at radius 1 is 1.07 bits per heavy atom. The van der Waals surface area contributed by atoms with E-state index in [1.54, 1.807) is 6.08 Å². The molecular formula is C10H16O4. The number of hydrogen-bond donors (Lipinski definition) is 0. The van der Waals surface area contributed by atoms with Crippen molar-refractivity contribution in [3.05, 3.63) is 12.2 Å². The van der Waals surface area contributed by atoms with Gasteiger partial charge in [-0.2, -0.15) is 0 Å². The van der Waals surface area contributed by atoms with Crippen molar-refractivity contribution in [3.63, 3.8) is 0 Å². The molecule has 0 spiro atoms. The normalized spacial score (nSPS) is 10.1. The number of rotatable bonds is 6. The highest BCUT2D eigenvalue weighted by Gasteiger charge is 1.97. The molecule has 14 heavy (non-hydrogen) atoms. The van der Waals surface area contributed by atoms with Crippen LogP contribution in [0.15, 0.2) is 12.2 Å². The van der Waals surface area contributed by atoms with Gasteiger partial charge in [-0.3, -0.25) is 9.59 Å². The predicted octanol–water partition coefficient (Wildman–Crippen LogP) is 1.45. The molecule has 0 aromatic rings. The van der Waals surface area contributed by atoms with Gasteiger partial charge in [-0.15, -0.1) is 0 Å². The van der Waals surface area contributed by atoms with Gasteiger partial charge in [0.05, 0.1) is 20.6 Å². The van der Waals surface area contributed by atoms with E-state index in [9.17, 15) is 9.59 Å². The molecule has 0 saturated heterocycles. The maximum atomic E-state index is 10.7. The van der Waals surface area contributed by atoms with Crippen molar-refractivity contribution in [2.75, 3.05) is 14.2 Å². The molecule has 4 nitrogen and oxygen atoms in total. The summed E-state index contributed by atoms with van der Waals surface area (Å²) in [6.07, 6.45) is 5.81. The molecule has 0 amide bonds. The lowest BCUT2D eigenvalue weighted by molar-refractivity contribution is -0.141. The second-order valence-electron chi connectivity index (χ2n) is 2.72. The molecule has 0 bridgehead atoms. The van der Waals surface area contributed by atoms with Crippen molar-refractivity contribution in [2.24, 2.45) is 0 Å². The van der Waals surface area contributed by atoms with Crippen molar-refractivity contribution in [1.82, 2.24) is 0 Å². The molecule has 0 aliphatic carbocycles. The Morgan fingerprint density at radius 3 is 2.29 bits per heavy atom. The lowest BCUT2D eigenvalue weighted by atomic mass is 10.2. The van der Waals surface area contributed by atoms with Gasteiger partial charge in [-0.25, -0.2) is 0 Å². The van der Waals surface area contributed by atoms with Crippen LogP contribution in [0.2, 0.25) is 0 Å². The van der Waals surface area contributed by atoms with Crippen LogP contribution >= 0.6 is 0 Å². The monoisotopic (exact) mass is 200 g/mol. The van der Waals surface area contributed by atoms with E-state index in [2.05, 4.69) is 9.47 Å². The summed E-state index contributed by atoms with van der Waals surface area (Å²) in [5, 5.41) is 0. The third-order valence-corrected chi connectivity index (χ3v) is 1.66. The Bertz CT molecular complexity index is 208. The van der Waals surface area contributed by atoms with Crippen LogP contribution in [-0.2, 0) is 19.1 Å². The van der Waals surface area contributed by atoms with Crippen LogP contribution in [-0.4, -0.2) is 26.2 Å². The SMILES string of the molecule is COC(=O)CC=CCCCC(=O)OC. The highest BCUT2D eigenvalue weighted by atomic mass is 16.5. The standard InChI is InChI=1S/C10H16O4/c1-13-9(11)7-5-3-4-6-8-10(12)14-2/h3,5H,4,6-8H2,1-2H3. The molecule has 0 rings (SSSR count). The molecule has 0 aliphatic rings. The summed E-state index contributed by atoms with van der Waals surface area (Å²) < 4.78 is 8.92. The minimum atomic E-state index is -0.255. The largest absolute Gasteiger partial charge is 0.469 e. The van der Waals surface area contributed by atoms with E-state index in [0.29, 0.717) is 6.42 Å². The first-order valence-electron chi connectivity index (χ1n) is 4.49. The first-order valence-corrected chi connectivity index (χ1v) is 4.49. The van der Waals surface area contributed by atoms with Crippen LogP contribution in [0.25, 0.3) is 0 Å². The minimum absolute atomic E-state index is 0.202. The summed E-state index contributed by atoms with van der Waals surface area (Å²) in [6.45, 7) is 0. The van der Waals surface area contributed by atoms with Gasteiger partial charge in [0, 0.05) is 6.42 Å². The summed E-state index contributed by atoms with van der Waals surface area (Å²) in [6, 6.07) is 0. The maximum Gasteiger partial charge on any atom is 0.309 e. The molecule has 0 saturated carbocycles. The van der Waals surface area contributed by atoms with E-state index in [-0.39, 0.29) is 18.4 Å². The van der Waals surface area contributed by atoms with Crippen LogP contribution in [0.3, 0.4) is 0 Å². The summed E-state index contributed by atoms with van der Waals surface area (Å²) >= 11 is 0. The van der Waals surface area contributed by atoms with E-state index < -0.39 is 0 Å². The molecule has 4 heteroatoms. The van der Waals surface area contributed by atoms with E-state index >= 15 is 0 Å². The molecule has 0 N–H and O–H groups in total. The van der Waals surface area contributed by atoms with E-state index in [1.807, 2.05) is 6.08 Å². The van der Waals surface area contributed by atoms with Crippen LogP contribution in [0.5, 0.6) is 0 Å². The van der Waals surface area contributed by atoms with Crippen molar-refractivity contribution in [3.8, 4) is 0 Å². The molecule has 0 atom stereocenters. The lowest BCUT2D eigenvalue weighted by Crippen LogP contribution is -1.99. The second kappa shape index (κ2) is 8.29. The summed E-state index contributed by atoms with van der Waals surface area (Å²) in [7, 11) is 2.73. The van der Waals surface area contributed by atoms with Gasteiger partial charge in [0.2, 0.25) is 0 Å². The molecule has 0 aromatic heterocycles. The Kier molecular flexibility index (Phi) is 7.50. The van der Waals surface area contributed by atoms with Crippen molar-refractivity contribution in [1.29, 1.82) is 0 Å². The van der Waals surface area contributed by atoms with Crippen molar-refractivity contribution in [2.45, 2.75) is 25.7 Å². The van der Waals surface area contributed by atoms with Crippen molar-refractivity contribution < 1.29 is 19.1 Å². The first kappa shape index (κ1) is 12.7. The molecule has 0 aliphatic heterocycles. The van der Waals surface area contributed by atoms with E-state index in [0.717, 1.165) is 12.8 Å². The maximum absolute atomic E-state index is 10.7. The van der Waals surface area contributed by atoms with E-state index in [4.69, 9.17) is 0 Å². The Hall–Kier alpha value is -1.32. The number of ether oxygens (including phenoxy) is 2. The number of hydrogen-bond acceptors (Lipinski definition) is 4. The molecule has 0 aromatic carbocycles. The Morgan fingerprint density at radius 2 is 1.71 bits per heavy atom. The van der Waals surface area contributed by atoms with Gasteiger partial charge >= 0.3 is 11.9 Å². The van der Waals surface area contributed by atoms with Crippen LogP contribution in [0.4, 0.5) is 0 Å². The Balaban J connectivity index is 3.36.